The van der Waals surface area contributed by atoms with Crippen LogP contribution in [0.5, 0.6) is 0 Å². The molecule has 7 heteroatoms. The van der Waals surface area contributed by atoms with Crippen LogP contribution in [0.1, 0.15) is 29.6 Å². The zero-order valence-electron chi connectivity index (χ0n) is 14.0. The number of rotatable bonds is 4. The number of hydrogen-bond acceptors (Lipinski definition) is 3. The van der Waals surface area contributed by atoms with Crippen molar-refractivity contribution < 1.29 is 14.0 Å². The maximum absolute atomic E-state index is 13.6. The van der Waals surface area contributed by atoms with Gasteiger partial charge in [0.15, 0.2) is 0 Å². The van der Waals surface area contributed by atoms with Gasteiger partial charge in [-0.25, -0.2) is 4.39 Å². The van der Waals surface area contributed by atoms with E-state index in [1.807, 2.05) is 0 Å². The summed E-state index contributed by atoms with van der Waals surface area (Å²) in [4.78, 5) is 42.2. The van der Waals surface area contributed by atoms with Gasteiger partial charge in [-0.3, -0.25) is 14.4 Å². The Kier molecular flexibility index (Phi) is 4.83. The topological polar surface area (TPSA) is 73.5 Å². The Morgan fingerprint density at radius 1 is 1.28 bits per heavy atom. The van der Waals surface area contributed by atoms with Gasteiger partial charge in [0.2, 0.25) is 11.5 Å². The highest BCUT2D eigenvalue weighted by Gasteiger charge is 2.21. The van der Waals surface area contributed by atoms with E-state index in [1.165, 1.54) is 29.2 Å². The summed E-state index contributed by atoms with van der Waals surface area (Å²) in [5.41, 5.74) is 0.157. The van der Waals surface area contributed by atoms with E-state index in [0.29, 0.717) is 37.0 Å². The molecule has 3 rings (SSSR count). The second-order valence-electron chi connectivity index (χ2n) is 6.30. The number of likely N-dealkylation sites (N-methyl/N-ethyl adjacent to an activating group) is 1. The van der Waals surface area contributed by atoms with Crippen LogP contribution >= 0.6 is 0 Å². The van der Waals surface area contributed by atoms with Crippen LogP contribution < -0.4 is 5.56 Å². The van der Waals surface area contributed by atoms with Crippen molar-refractivity contribution in [1.29, 1.82) is 0 Å². The van der Waals surface area contributed by atoms with E-state index in [4.69, 9.17) is 0 Å². The number of carbonyl (C=O) groups excluding carboxylic acids is 2. The molecule has 1 N–H and O–H groups in total. The summed E-state index contributed by atoms with van der Waals surface area (Å²) in [6, 6.07) is 5.10. The highest BCUT2D eigenvalue weighted by Crippen LogP contribution is 2.18. The van der Waals surface area contributed by atoms with E-state index in [2.05, 4.69) is 4.98 Å². The Morgan fingerprint density at radius 3 is 2.84 bits per heavy atom. The van der Waals surface area contributed by atoms with Crippen LogP contribution in [0.2, 0.25) is 0 Å². The van der Waals surface area contributed by atoms with Crippen LogP contribution in [0.25, 0.3) is 10.9 Å². The zero-order chi connectivity index (χ0) is 18.0. The van der Waals surface area contributed by atoms with Gasteiger partial charge in [-0.1, -0.05) is 0 Å². The number of carbonyl (C=O) groups is 2. The average Bonchev–Trinajstić information content (AvgIpc) is 2.60. The van der Waals surface area contributed by atoms with E-state index in [0.717, 1.165) is 12.8 Å². The molecule has 0 atom stereocenters. The van der Waals surface area contributed by atoms with Crippen LogP contribution in [-0.4, -0.2) is 53.3 Å². The molecule has 0 radical (unpaired) electrons. The molecule has 1 aliphatic rings. The molecule has 1 aliphatic heterocycles. The second kappa shape index (κ2) is 7.04. The third kappa shape index (κ3) is 3.70. The van der Waals surface area contributed by atoms with Crippen LogP contribution in [0, 0.1) is 5.82 Å². The molecule has 0 spiro atoms. The molecule has 2 aromatic rings. The van der Waals surface area contributed by atoms with Gasteiger partial charge in [0.05, 0.1) is 5.56 Å². The van der Waals surface area contributed by atoms with Gasteiger partial charge in [0.1, 0.15) is 5.82 Å². The Bertz CT molecular complexity index is 877. The molecule has 25 heavy (non-hydrogen) atoms. The van der Waals surface area contributed by atoms with Crippen LogP contribution in [0.3, 0.4) is 0 Å². The van der Waals surface area contributed by atoms with Gasteiger partial charge in [-0.2, -0.15) is 0 Å². The quantitative estimate of drug-likeness (QED) is 0.917. The number of nitrogens with zero attached hydrogens (tertiary/aromatic N) is 2. The van der Waals surface area contributed by atoms with Crippen molar-refractivity contribution in [1.82, 2.24) is 14.8 Å². The Hall–Kier alpha value is -2.70. The van der Waals surface area contributed by atoms with E-state index >= 15 is 0 Å². The average molecular weight is 345 g/mol. The largest absolute Gasteiger partial charge is 0.341 e. The number of halogens is 1. The molecule has 6 nitrogen and oxygen atoms in total. The lowest BCUT2D eigenvalue weighted by atomic mass is 10.1. The SMILES string of the molecule is CN(CCN1CCCCC1=O)C(=O)c1cc(=O)[nH]c2ccc(F)cc12. The number of piperidine rings is 1. The minimum Gasteiger partial charge on any atom is -0.341 e. The lowest BCUT2D eigenvalue weighted by Crippen LogP contribution is -2.41. The maximum Gasteiger partial charge on any atom is 0.254 e. The van der Waals surface area contributed by atoms with Crippen molar-refractivity contribution in [2.24, 2.45) is 0 Å². The number of aromatic amines is 1. The van der Waals surface area contributed by atoms with E-state index < -0.39 is 11.4 Å². The number of hydrogen-bond donors (Lipinski definition) is 1. The fourth-order valence-corrected chi connectivity index (χ4v) is 3.08. The van der Waals surface area contributed by atoms with Crippen molar-refractivity contribution in [3.8, 4) is 0 Å². The molecule has 0 bridgehead atoms. The summed E-state index contributed by atoms with van der Waals surface area (Å²) in [5, 5.41) is 0.366. The molecule has 0 saturated carbocycles. The number of likely N-dealkylation sites (tertiary alicyclic amines) is 1. The number of fused-ring (bicyclic) bond motifs is 1. The monoisotopic (exact) mass is 345 g/mol. The summed E-state index contributed by atoms with van der Waals surface area (Å²) >= 11 is 0. The summed E-state index contributed by atoms with van der Waals surface area (Å²) in [5.74, 6) is -0.739. The molecule has 1 saturated heterocycles. The number of amides is 2. The lowest BCUT2D eigenvalue weighted by molar-refractivity contribution is -0.133. The third-order valence-corrected chi connectivity index (χ3v) is 4.51. The van der Waals surface area contributed by atoms with Crippen molar-refractivity contribution in [3.05, 3.63) is 46.0 Å². The Balaban J connectivity index is 1.80. The molecule has 0 unspecified atom stereocenters. The Labute approximate surface area is 144 Å². The van der Waals surface area contributed by atoms with Crippen LogP contribution in [-0.2, 0) is 4.79 Å². The molecule has 1 fully saturated rings. The first kappa shape index (κ1) is 17.1. The number of nitrogens with one attached hydrogen (secondary N) is 1. The summed E-state index contributed by atoms with van der Waals surface area (Å²) in [6.45, 7) is 1.52. The molecular weight excluding hydrogens is 325 g/mol. The highest BCUT2D eigenvalue weighted by molar-refractivity contribution is 6.05. The summed E-state index contributed by atoms with van der Waals surface area (Å²) in [6.07, 6.45) is 2.44. The van der Waals surface area contributed by atoms with Gasteiger partial charge in [-0.05, 0) is 31.0 Å². The predicted molar refractivity (Wildman–Crippen MR) is 91.9 cm³/mol. The molecule has 1 aromatic carbocycles. The molecule has 132 valence electrons. The first-order valence-corrected chi connectivity index (χ1v) is 8.31. The van der Waals surface area contributed by atoms with Crippen LogP contribution in [0.15, 0.2) is 29.1 Å². The molecule has 2 heterocycles. The number of aromatic nitrogens is 1. The lowest BCUT2D eigenvalue weighted by Gasteiger charge is -2.29. The predicted octanol–water partition coefficient (Wildman–Crippen LogP) is 1.75. The second-order valence-corrected chi connectivity index (χ2v) is 6.30. The normalized spacial score (nSPS) is 14.8. The van der Waals surface area contributed by atoms with Gasteiger partial charge < -0.3 is 14.8 Å². The zero-order valence-corrected chi connectivity index (χ0v) is 14.0. The van der Waals surface area contributed by atoms with Crippen LogP contribution in [0.4, 0.5) is 4.39 Å². The van der Waals surface area contributed by atoms with E-state index in [1.54, 1.807) is 11.9 Å². The third-order valence-electron chi connectivity index (χ3n) is 4.51. The van der Waals surface area contributed by atoms with Gasteiger partial charge in [0.25, 0.3) is 5.91 Å². The minimum absolute atomic E-state index is 0.107. The molecule has 2 amide bonds. The van der Waals surface area contributed by atoms with Crippen molar-refractivity contribution in [3.63, 3.8) is 0 Å². The molecular formula is C18H20FN3O3. The number of H-pyrrole nitrogens is 1. The summed E-state index contributed by atoms with van der Waals surface area (Å²) < 4.78 is 13.6. The van der Waals surface area contributed by atoms with Crippen molar-refractivity contribution in [2.75, 3.05) is 26.7 Å². The van der Waals surface area contributed by atoms with Gasteiger partial charge in [0, 0.05) is 50.1 Å². The van der Waals surface area contributed by atoms with E-state index in [-0.39, 0.29) is 17.4 Å². The number of pyridine rings is 1. The fourth-order valence-electron chi connectivity index (χ4n) is 3.08. The van der Waals surface area contributed by atoms with Crippen molar-refractivity contribution >= 4 is 22.7 Å². The smallest absolute Gasteiger partial charge is 0.254 e. The van der Waals surface area contributed by atoms with E-state index in [9.17, 15) is 18.8 Å². The fraction of sp³-hybridized carbons (Fsp3) is 0.389. The standard InChI is InChI=1S/C18H20FN3O3/c1-21(8-9-22-7-3-2-4-17(22)24)18(25)14-11-16(23)20-15-6-5-12(19)10-13(14)15/h5-6,10-11H,2-4,7-9H2,1H3,(H,20,23). The minimum atomic E-state index is -0.477. The highest BCUT2D eigenvalue weighted by atomic mass is 19.1. The molecule has 1 aromatic heterocycles. The summed E-state index contributed by atoms with van der Waals surface area (Å²) in [7, 11) is 1.61. The maximum atomic E-state index is 13.6. The molecule has 0 aliphatic carbocycles. The van der Waals surface area contributed by atoms with Gasteiger partial charge in [-0.15, -0.1) is 0 Å². The van der Waals surface area contributed by atoms with Gasteiger partial charge >= 0.3 is 0 Å². The van der Waals surface area contributed by atoms with Crippen molar-refractivity contribution in [2.45, 2.75) is 19.3 Å². The number of benzene rings is 1. The first-order chi connectivity index (χ1) is 12.0. The first-order valence-electron chi connectivity index (χ1n) is 8.31. The Morgan fingerprint density at radius 2 is 2.08 bits per heavy atom.